The third-order valence-electron chi connectivity index (χ3n) is 4.70. The number of nitrogens with zero attached hydrogens (tertiary/aromatic N) is 4. The molecule has 1 N–H and O–H groups in total. The van der Waals surface area contributed by atoms with Gasteiger partial charge in [0.2, 0.25) is 0 Å². The van der Waals surface area contributed by atoms with Crippen LogP contribution in [0, 0.1) is 0 Å². The monoisotopic (exact) mass is 395 g/mol. The second-order valence-corrected chi connectivity index (χ2v) is 6.98. The van der Waals surface area contributed by atoms with Gasteiger partial charge in [-0.25, -0.2) is 9.78 Å². The van der Waals surface area contributed by atoms with Crippen LogP contribution in [0.15, 0.2) is 42.5 Å². The van der Waals surface area contributed by atoms with Crippen LogP contribution in [0.3, 0.4) is 0 Å². The molecule has 3 amide bonds. The molecule has 1 aromatic heterocycles. The van der Waals surface area contributed by atoms with Crippen molar-refractivity contribution in [3.05, 3.63) is 53.9 Å². The number of carbonyl (C=O) groups excluding carboxylic acids is 2. The third-order valence-corrected chi connectivity index (χ3v) is 4.70. The van der Waals surface area contributed by atoms with Crippen LogP contribution in [0.4, 0.5) is 10.5 Å². The van der Waals surface area contributed by atoms with Gasteiger partial charge in [0.25, 0.3) is 5.91 Å². The van der Waals surface area contributed by atoms with Crippen LogP contribution >= 0.6 is 0 Å². The smallest absolute Gasteiger partial charge is 0.322 e. The highest BCUT2D eigenvalue weighted by atomic mass is 16.5. The zero-order valence-electron chi connectivity index (χ0n) is 17.3. The molecular formula is C21H25N5O3. The predicted molar refractivity (Wildman–Crippen MR) is 112 cm³/mol. The molecule has 0 aliphatic rings. The van der Waals surface area contributed by atoms with E-state index in [1.54, 1.807) is 57.4 Å². The zero-order chi connectivity index (χ0) is 21.1. The Labute approximate surface area is 169 Å². The van der Waals surface area contributed by atoms with Gasteiger partial charge in [0.1, 0.15) is 11.6 Å². The van der Waals surface area contributed by atoms with E-state index in [1.165, 1.54) is 4.90 Å². The molecule has 0 spiro atoms. The molecule has 8 heteroatoms. The molecule has 0 saturated heterocycles. The van der Waals surface area contributed by atoms with Crippen LogP contribution in [0.5, 0.6) is 5.75 Å². The standard InChI is InChI=1S/C21H25N5O3/c1-24(2)20(27)14-10-11-17-16(12-14)22-19(26(17)4)13-25(3)21(28)23-15-8-6-7-9-18(15)29-5/h6-12H,13H2,1-5H3,(H,23,28). The van der Waals surface area contributed by atoms with Crippen molar-refractivity contribution in [1.29, 1.82) is 0 Å². The Morgan fingerprint density at radius 2 is 1.86 bits per heavy atom. The quantitative estimate of drug-likeness (QED) is 0.720. The molecule has 2 aromatic carbocycles. The number of imidazole rings is 1. The number of aryl methyl sites for hydroxylation is 1. The van der Waals surface area contributed by atoms with E-state index in [0.717, 1.165) is 5.52 Å². The lowest BCUT2D eigenvalue weighted by Gasteiger charge is -2.18. The summed E-state index contributed by atoms with van der Waals surface area (Å²) in [5.41, 5.74) is 2.79. The summed E-state index contributed by atoms with van der Waals surface area (Å²) >= 11 is 0. The van der Waals surface area contributed by atoms with Gasteiger partial charge in [-0.1, -0.05) is 12.1 Å². The van der Waals surface area contributed by atoms with Crippen molar-refractivity contribution in [3.8, 4) is 5.75 Å². The Kier molecular flexibility index (Phi) is 5.72. The fourth-order valence-electron chi connectivity index (χ4n) is 3.02. The number of anilines is 1. The maximum absolute atomic E-state index is 12.6. The summed E-state index contributed by atoms with van der Waals surface area (Å²) in [6.07, 6.45) is 0. The van der Waals surface area contributed by atoms with Crippen molar-refractivity contribution in [2.45, 2.75) is 6.54 Å². The van der Waals surface area contributed by atoms with E-state index < -0.39 is 0 Å². The molecule has 29 heavy (non-hydrogen) atoms. The fourth-order valence-corrected chi connectivity index (χ4v) is 3.02. The maximum atomic E-state index is 12.6. The van der Waals surface area contributed by atoms with Crippen LogP contribution in [0.2, 0.25) is 0 Å². The minimum Gasteiger partial charge on any atom is -0.495 e. The average Bonchev–Trinajstić information content (AvgIpc) is 3.02. The first-order chi connectivity index (χ1) is 13.8. The number of nitrogens with one attached hydrogen (secondary N) is 1. The van der Waals surface area contributed by atoms with Crippen molar-refractivity contribution >= 4 is 28.7 Å². The summed E-state index contributed by atoms with van der Waals surface area (Å²) in [6.45, 7) is 0.309. The number of urea groups is 1. The molecule has 8 nitrogen and oxygen atoms in total. The first kappa shape index (κ1) is 20.2. The van der Waals surface area contributed by atoms with Crippen molar-refractivity contribution in [1.82, 2.24) is 19.4 Å². The Balaban J connectivity index is 1.79. The molecule has 0 saturated carbocycles. The summed E-state index contributed by atoms with van der Waals surface area (Å²) in [6, 6.07) is 12.4. The molecule has 3 rings (SSSR count). The second-order valence-electron chi connectivity index (χ2n) is 6.98. The molecule has 0 bridgehead atoms. The topological polar surface area (TPSA) is 79.7 Å². The third kappa shape index (κ3) is 4.16. The van der Waals surface area contributed by atoms with E-state index in [4.69, 9.17) is 4.74 Å². The van der Waals surface area contributed by atoms with Crippen molar-refractivity contribution < 1.29 is 14.3 Å². The number of fused-ring (bicyclic) bond motifs is 1. The number of amides is 3. The van der Waals surface area contributed by atoms with Crippen LogP contribution in [0.1, 0.15) is 16.2 Å². The molecule has 152 valence electrons. The van der Waals surface area contributed by atoms with E-state index in [-0.39, 0.29) is 11.9 Å². The molecule has 0 unspecified atom stereocenters. The molecule has 0 aliphatic carbocycles. The van der Waals surface area contributed by atoms with Crippen molar-refractivity contribution in [2.75, 3.05) is 33.6 Å². The van der Waals surface area contributed by atoms with Gasteiger partial charge in [0.15, 0.2) is 0 Å². The lowest BCUT2D eigenvalue weighted by Crippen LogP contribution is -2.31. The predicted octanol–water partition coefficient (Wildman–Crippen LogP) is 2.95. The Morgan fingerprint density at radius 3 is 2.55 bits per heavy atom. The van der Waals surface area contributed by atoms with Gasteiger partial charge in [0.05, 0.1) is 30.4 Å². The first-order valence-corrected chi connectivity index (χ1v) is 9.14. The minimum atomic E-state index is -0.273. The summed E-state index contributed by atoms with van der Waals surface area (Å²) in [5, 5.41) is 2.85. The van der Waals surface area contributed by atoms with Crippen LogP contribution < -0.4 is 10.1 Å². The maximum Gasteiger partial charge on any atom is 0.322 e. The van der Waals surface area contributed by atoms with Gasteiger partial charge < -0.3 is 24.4 Å². The molecule has 0 fully saturated rings. The fraction of sp³-hybridized carbons (Fsp3) is 0.286. The minimum absolute atomic E-state index is 0.0765. The number of benzene rings is 2. The number of carbonyl (C=O) groups is 2. The molecule has 3 aromatic rings. The Bertz CT molecular complexity index is 1060. The SMILES string of the molecule is COc1ccccc1NC(=O)N(C)Cc1nc2cc(C(=O)N(C)C)ccc2n1C. The molecule has 1 heterocycles. The highest BCUT2D eigenvalue weighted by molar-refractivity contribution is 5.97. The van der Waals surface area contributed by atoms with Crippen LogP contribution in [0.25, 0.3) is 11.0 Å². The zero-order valence-corrected chi connectivity index (χ0v) is 17.3. The van der Waals surface area contributed by atoms with Gasteiger partial charge in [-0.2, -0.15) is 0 Å². The average molecular weight is 395 g/mol. The summed E-state index contributed by atoms with van der Waals surface area (Å²) < 4.78 is 7.19. The van der Waals surface area contributed by atoms with Gasteiger partial charge in [-0.05, 0) is 30.3 Å². The number of rotatable bonds is 5. The lowest BCUT2D eigenvalue weighted by atomic mass is 10.2. The van der Waals surface area contributed by atoms with E-state index in [2.05, 4.69) is 10.3 Å². The van der Waals surface area contributed by atoms with Crippen LogP contribution in [-0.2, 0) is 13.6 Å². The van der Waals surface area contributed by atoms with E-state index >= 15 is 0 Å². The van der Waals surface area contributed by atoms with E-state index in [1.807, 2.05) is 29.8 Å². The van der Waals surface area contributed by atoms with Crippen LogP contribution in [-0.4, -0.2) is 59.5 Å². The first-order valence-electron chi connectivity index (χ1n) is 9.14. The highest BCUT2D eigenvalue weighted by Crippen LogP contribution is 2.24. The molecular weight excluding hydrogens is 370 g/mol. The van der Waals surface area contributed by atoms with Gasteiger partial charge >= 0.3 is 6.03 Å². The van der Waals surface area contributed by atoms with Gasteiger partial charge in [0, 0.05) is 33.8 Å². The number of aromatic nitrogens is 2. The normalized spacial score (nSPS) is 10.7. The lowest BCUT2D eigenvalue weighted by molar-refractivity contribution is 0.0827. The number of ether oxygens (including phenoxy) is 1. The largest absolute Gasteiger partial charge is 0.495 e. The molecule has 0 radical (unpaired) electrons. The van der Waals surface area contributed by atoms with E-state index in [9.17, 15) is 9.59 Å². The van der Waals surface area contributed by atoms with Gasteiger partial charge in [-0.3, -0.25) is 4.79 Å². The highest BCUT2D eigenvalue weighted by Gasteiger charge is 2.17. The molecule has 0 aliphatic heterocycles. The van der Waals surface area contributed by atoms with Gasteiger partial charge in [-0.15, -0.1) is 0 Å². The Morgan fingerprint density at radius 1 is 1.14 bits per heavy atom. The number of methoxy groups -OCH3 is 1. The number of hydrogen-bond acceptors (Lipinski definition) is 4. The Hall–Kier alpha value is -3.55. The summed E-state index contributed by atoms with van der Waals surface area (Å²) in [4.78, 5) is 32.5. The number of para-hydroxylation sites is 2. The van der Waals surface area contributed by atoms with Crippen molar-refractivity contribution in [3.63, 3.8) is 0 Å². The summed E-state index contributed by atoms with van der Waals surface area (Å²) in [7, 11) is 8.58. The number of hydrogen-bond donors (Lipinski definition) is 1. The van der Waals surface area contributed by atoms with E-state index in [0.29, 0.717) is 34.9 Å². The van der Waals surface area contributed by atoms with Crippen molar-refractivity contribution in [2.24, 2.45) is 7.05 Å². The second kappa shape index (κ2) is 8.22. The molecule has 0 atom stereocenters. The summed E-state index contributed by atoms with van der Waals surface area (Å²) in [5.74, 6) is 1.23.